The van der Waals surface area contributed by atoms with E-state index in [-0.39, 0.29) is 5.91 Å². The van der Waals surface area contributed by atoms with Crippen molar-refractivity contribution in [1.82, 2.24) is 15.1 Å². The first-order valence-electron chi connectivity index (χ1n) is 7.89. The predicted molar refractivity (Wildman–Crippen MR) is 88.2 cm³/mol. The third kappa shape index (κ3) is 5.09. The number of aryl methyl sites for hydroxylation is 1. The van der Waals surface area contributed by atoms with E-state index in [9.17, 15) is 4.79 Å². The Morgan fingerprint density at radius 3 is 2.73 bits per heavy atom. The zero-order valence-electron chi connectivity index (χ0n) is 13.9. The van der Waals surface area contributed by atoms with Crippen LogP contribution in [0.15, 0.2) is 18.2 Å². The van der Waals surface area contributed by atoms with Crippen molar-refractivity contribution in [2.24, 2.45) is 0 Å². The number of carbonyl (C=O) groups excluding carboxylic acids is 1. The van der Waals surface area contributed by atoms with E-state index in [1.165, 1.54) is 5.56 Å². The lowest BCUT2D eigenvalue weighted by Crippen LogP contribution is -2.35. The molecule has 1 aliphatic rings. The molecule has 0 atom stereocenters. The molecular formula is C17H27N3O2. The van der Waals surface area contributed by atoms with Crippen molar-refractivity contribution >= 4 is 5.91 Å². The van der Waals surface area contributed by atoms with E-state index in [1.807, 2.05) is 33.2 Å². The van der Waals surface area contributed by atoms with Crippen LogP contribution in [0.3, 0.4) is 0 Å². The van der Waals surface area contributed by atoms with E-state index in [4.69, 9.17) is 4.74 Å². The van der Waals surface area contributed by atoms with Crippen LogP contribution in [0, 0.1) is 6.92 Å². The van der Waals surface area contributed by atoms with Crippen LogP contribution >= 0.6 is 0 Å². The average Bonchev–Trinajstić information content (AvgIpc) is 2.50. The number of likely N-dealkylation sites (N-methyl/N-ethyl adjacent to an activating group) is 1. The highest BCUT2D eigenvalue weighted by Gasteiger charge is 2.13. The number of benzene rings is 1. The molecule has 0 aliphatic carbocycles. The fourth-order valence-electron chi connectivity index (χ4n) is 2.52. The normalized spacial score (nSPS) is 16.0. The van der Waals surface area contributed by atoms with Gasteiger partial charge in [0.25, 0.3) is 5.91 Å². The van der Waals surface area contributed by atoms with Gasteiger partial charge in [-0.3, -0.25) is 9.69 Å². The van der Waals surface area contributed by atoms with E-state index < -0.39 is 0 Å². The first kappa shape index (κ1) is 16.9. The Morgan fingerprint density at radius 2 is 2.05 bits per heavy atom. The Morgan fingerprint density at radius 1 is 1.32 bits per heavy atom. The Bertz CT molecular complexity index is 497. The predicted octanol–water partition coefficient (Wildman–Crippen LogP) is 1.12. The van der Waals surface area contributed by atoms with Crippen molar-refractivity contribution in [3.63, 3.8) is 0 Å². The van der Waals surface area contributed by atoms with Gasteiger partial charge in [0.2, 0.25) is 0 Å². The second kappa shape index (κ2) is 8.27. The number of ether oxygens (including phenoxy) is 1. The average molecular weight is 305 g/mol. The van der Waals surface area contributed by atoms with Crippen LogP contribution in [0.25, 0.3) is 0 Å². The van der Waals surface area contributed by atoms with Crippen LogP contribution in [-0.2, 0) is 11.3 Å². The molecule has 1 N–H and O–H groups in total. The summed E-state index contributed by atoms with van der Waals surface area (Å²) in [6, 6.07) is 6.17. The molecule has 0 radical (unpaired) electrons. The molecule has 1 saturated heterocycles. The van der Waals surface area contributed by atoms with Gasteiger partial charge in [0.05, 0.1) is 13.2 Å². The molecule has 0 aromatic heterocycles. The summed E-state index contributed by atoms with van der Waals surface area (Å²) in [4.78, 5) is 16.7. The number of nitrogens with one attached hydrogen (secondary N) is 1. The standard InChI is InChI=1S/C17H27N3O2/c1-14-4-5-15(13-20-8-10-22-11-9-20)12-16(14)17(21)18-6-7-19(2)3/h4-5,12H,6-11,13H2,1-3H3,(H,18,21). The third-order valence-electron chi connectivity index (χ3n) is 3.90. The summed E-state index contributed by atoms with van der Waals surface area (Å²) in [5, 5.41) is 2.99. The molecule has 122 valence electrons. The molecule has 0 saturated carbocycles. The maximum atomic E-state index is 12.3. The lowest BCUT2D eigenvalue weighted by Gasteiger charge is -2.26. The van der Waals surface area contributed by atoms with Gasteiger partial charge in [-0.05, 0) is 38.2 Å². The third-order valence-corrected chi connectivity index (χ3v) is 3.90. The molecule has 1 aromatic rings. The van der Waals surface area contributed by atoms with Gasteiger partial charge in [-0.15, -0.1) is 0 Å². The molecule has 0 spiro atoms. The summed E-state index contributed by atoms with van der Waals surface area (Å²) in [5.74, 6) is 0.0168. The maximum absolute atomic E-state index is 12.3. The van der Waals surface area contributed by atoms with E-state index in [1.54, 1.807) is 0 Å². The van der Waals surface area contributed by atoms with Gasteiger partial charge in [0, 0.05) is 38.3 Å². The highest BCUT2D eigenvalue weighted by molar-refractivity contribution is 5.95. The van der Waals surface area contributed by atoms with Gasteiger partial charge < -0.3 is 15.0 Å². The van der Waals surface area contributed by atoms with E-state index >= 15 is 0 Å². The van der Waals surface area contributed by atoms with Crippen LogP contribution in [0.1, 0.15) is 21.5 Å². The van der Waals surface area contributed by atoms with E-state index in [0.29, 0.717) is 6.54 Å². The molecule has 1 heterocycles. The Hall–Kier alpha value is -1.43. The summed E-state index contributed by atoms with van der Waals surface area (Å²) < 4.78 is 5.37. The molecule has 1 amide bonds. The number of nitrogens with zero attached hydrogens (tertiary/aromatic N) is 2. The van der Waals surface area contributed by atoms with Crippen LogP contribution in [0.5, 0.6) is 0 Å². The summed E-state index contributed by atoms with van der Waals surface area (Å²) in [6.07, 6.45) is 0. The Labute approximate surface area is 133 Å². The van der Waals surface area contributed by atoms with Crippen molar-refractivity contribution in [1.29, 1.82) is 0 Å². The second-order valence-electron chi connectivity index (χ2n) is 6.10. The van der Waals surface area contributed by atoms with Crippen molar-refractivity contribution < 1.29 is 9.53 Å². The van der Waals surface area contributed by atoms with E-state index in [2.05, 4.69) is 21.2 Å². The highest BCUT2D eigenvalue weighted by atomic mass is 16.5. The molecule has 1 aromatic carbocycles. The van der Waals surface area contributed by atoms with Gasteiger partial charge in [-0.2, -0.15) is 0 Å². The molecule has 0 bridgehead atoms. The van der Waals surface area contributed by atoms with Crippen molar-refractivity contribution in [3.8, 4) is 0 Å². The molecule has 2 rings (SSSR count). The number of morpholine rings is 1. The fourth-order valence-corrected chi connectivity index (χ4v) is 2.52. The summed E-state index contributed by atoms with van der Waals surface area (Å²) in [5.41, 5.74) is 2.99. The summed E-state index contributed by atoms with van der Waals surface area (Å²) in [6.45, 7) is 7.88. The molecule has 5 heteroatoms. The number of amides is 1. The van der Waals surface area contributed by atoms with Gasteiger partial charge in [-0.25, -0.2) is 0 Å². The molecule has 1 aliphatic heterocycles. The molecular weight excluding hydrogens is 278 g/mol. The summed E-state index contributed by atoms with van der Waals surface area (Å²) >= 11 is 0. The zero-order chi connectivity index (χ0) is 15.9. The maximum Gasteiger partial charge on any atom is 0.251 e. The van der Waals surface area contributed by atoms with Crippen LogP contribution in [-0.4, -0.2) is 69.2 Å². The number of hydrogen-bond acceptors (Lipinski definition) is 4. The SMILES string of the molecule is Cc1ccc(CN2CCOCC2)cc1C(=O)NCCN(C)C. The van der Waals surface area contributed by atoms with Gasteiger partial charge in [0.15, 0.2) is 0 Å². The Balaban J connectivity index is 1.97. The van der Waals surface area contributed by atoms with Gasteiger partial charge >= 0.3 is 0 Å². The second-order valence-corrected chi connectivity index (χ2v) is 6.10. The minimum absolute atomic E-state index is 0.0168. The van der Waals surface area contributed by atoms with Crippen molar-refractivity contribution in [3.05, 3.63) is 34.9 Å². The number of carbonyl (C=O) groups is 1. The van der Waals surface area contributed by atoms with Crippen LogP contribution in [0.4, 0.5) is 0 Å². The highest BCUT2D eigenvalue weighted by Crippen LogP contribution is 2.14. The minimum atomic E-state index is 0.0168. The first-order chi connectivity index (χ1) is 10.6. The monoisotopic (exact) mass is 305 g/mol. The lowest BCUT2D eigenvalue weighted by molar-refractivity contribution is 0.0342. The quantitative estimate of drug-likeness (QED) is 0.855. The molecule has 5 nitrogen and oxygen atoms in total. The van der Waals surface area contributed by atoms with Gasteiger partial charge in [0.1, 0.15) is 0 Å². The minimum Gasteiger partial charge on any atom is -0.379 e. The molecule has 22 heavy (non-hydrogen) atoms. The summed E-state index contributed by atoms with van der Waals surface area (Å²) in [7, 11) is 4.00. The number of hydrogen-bond donors (Lipinski definition) is 1. The topological polar surface area (TPSA) is 44.8 Å². The smallest absolute Gasteiger partial charge is 0.251 e. The van der Waals surface area contributed by atoms with Gasteiger partial charge in [-0.1, -0.05) is 12.1 Å². The lowest BCUT2D eigenvalue weighted by atomic mass is 10.0. The van der Waals surface area contributed by atoms with Crippen molar-refractivity contribution in [2.45, 2.75) is 13.5 Å². The molecule has 0 unspecified atom stereocenters. The van der Waals surface area contributed by atoms with Crippen LogP contribution < -0.4 is 5.32 Å². The zero-order valence-corrected chi connectivity index (χ0v) is 13.9. The van der Waals surface area contributed by atoms with Crippen LogP contribution in [0.2, 0.25) is 0 Å². The first-order valence-corrected chi connectivity index (χ1v) is 7.89. The van der Waals surface area contributed by atoms with E-state index in [0.717, 1.165) is 50.5 Å². The fraction of sp³-hybridized carbons (Fsp3) is 0.588. The largest absolute Gasteiger partial charge is 0.379 e. The van der Waals surface area contributed by atoms with Crippen molar-refractivity contribution in [2.75, 3.05) is 53.5 Å². The molecule has 1 fully saturated rings. The Kier molecular flexibility index (Phi) is 6.36. The number of rotatable bonds is 6.